The van der Waals surface area contributed by atoms with E-state index in [1.807, 2.05) is 58.9 Å². The predicted molar refractivity (Wildman–Crippen MR) is 149 cm³/mol. The minimum Gasteiger partial charge on any atom is -0.444 e. The Balaban J connectivity index is 1.64. The molecule has 1 N–H and O–H groups in total. The molecule has 1 aliphatic heterocycles. The molecule has 1 saturated heterocycles. The lowest BCUT2D eigenvalue weighted by Crippen LogP contribution is -2.50. The molecular formula is C30H40N4O4. The zero-order chi connectivity index (χ0) is 27.7. The molecule has 0 aliphatic carbocycles. The maximum Gasteiger partial charge on any atom is 0.410 e. The number of carbonyl (C=O) groups is 2. The summed E-state index contributed by atoms with van der Waals surface area (Å²) in [7, 11) is 0. The number of hydrogen-bond donors (Lipinski definition) is 1. The van der Waals surface area contributed by atoms with Crippen LogP contribution in [0.1, 0.15) is 46.6 Å². The van der Waals surface area contributed by atoms with Crippen LogP contribution in [0.4, 0.5) is 10.5 Å². The number of anilines is 1. The van der Waals surface area contributed by atoms with Crippen molar-refractivity contribution in [1.82, 2.24) is 10.2 Å². The van der Waals surface area contributed by atoms with Gasteiger partial charge in [-0.3, -0.25) is 4.79 Å². The number of hydrogen-bond acceptors (Lipinski definition) is 6. The van der Waals surface area contributed by atoms with Crippen LogP contribution < -0.4 is 10.2 Å². The van der Waals surface area contributed by atoms with E-state index in [1.54, 1.807) is 4.90 Å². The Labute approximate surface area is 226 Å². The number of amides is 2. The van der Waals surface area contributed by atoms with E-state index in [-0.39, 0.29) is 24.5 Å². The van der Waals surface area contributed by atoms with Crippen molar-refractivity contribution < 1.29 is 19.1 Å². The fourth-order valence-electron chi connectivity index (χ4n) is 4.36. The Morgan fingerprint density at radius 2 is 1.68 bits per heavy atom. The van der Waals surface area contributed by atoms with E-state index in [2.05, 4.69) is 40.5 Å². The van der Waals surface area contributed by atoms with E-state index in [4.69, 9.17) is 14.7 Å². The van der Waals surface area contributed by atoms with Gasteiger partial charge < -0.3 is 24.6 Å². The molecule has 8 heteroatoms. The molecule has 3 rings (SSSR count). The van der Waals surface area contributed by atoms with Crippen molar-refractivity contribution in [3.05, 3.63) is 54.1 Å². The number of piperazine rings is 1. The molecule has 0 bridgehead atoms. The summed E-state index contributed by atoms with van der Waals surface area (Å²) < 4.78 is 11.6. The number of nitrogens with zero attached hydrogens (tertiary/aromatic N) is 3. The smallest absolute Gasteiger partial charge is 0.410 e. The second-order valence-corrected chi connectivity index (χ2v) is 11.0. The monoisotopic (exact) mass is 520 g/mol. The molecular weight excluding hydrogens is 480 g/mol. The van der Waals surface area contributed by atoms with Gasteiger partial charge in [-0.2, -0.15) is 5.26 Å². The van der Waals surface area contributed by atoms with Gasteiger partial charge in [0.1, 0.15) is 18.2 Å². The highest BCUT2D eigenvalue weighted by Gasteiger charge is 2.26. The van der Waals surface area contributed by atoms with Gasteiger partial charge in [-0.25, -0.2) is 4.79 Å². The first-order valence-electron chi connectivity index (χ1n) is 13.2. The molecule has 2 aromatic rings. The predicted octanol–water partition coefficient (Wildman–Crippen LogP) is 4.98. The average molecular weight is 521 g/mol. The summed E-state index contributed by atoms with van der Waals surface area (Å²) in [6, 6.07) is 18.4. The molecule has 38 heavy (non-hydrogen) atoms. The lowest BCUT2D eigenvalue weighted by Gasteiger charge is -2.36. The van der Waals surface area contributed by atoms with Crippen molar-refractivity contribution in [2.24, 2.45) is 5.92 Å². The van der Waals surface area contributed by atoms with Gasteiger partial charge in [0, 0.05) is 31.9 Å². The van der Waals surface area contributed by atoms with Crippen LogP contribution in [0.15, 0.2) is 48.5 Å². The third-order valence-corrected chi connectivity index (χ3v) is 6.25. The summed E-state index contributed by atoms with van der Waals surface area (Å²) in [5, 5.41) is 11.4. The molecule has 204 valence electrons. The molecule has 1 aliphatic rings. The fourth-order valence-corrected chi connectivity index (χ4v) is 4.36. The molecule has 1 unspecified atom stereocenters. The quantitative estimate of drug-likeness (QED) is 0.469. The van der Waals surface area contributed by atoms with Crippen molar-refractivity contribution in [1.29, 1.82) is 5.26 Å². The number of nitrogens with one attached hydrogen (secondary N) is 1. The zero-order valence-corrected chi connectivity index (χ0v) is 23.2. The third-order valence-electron chi connectivity index (χ3n) is 6.25. The van der Waals surface area contributed by atoms with Gasteiger partial charge in [0.05, 0.1) is 12.7 Å². The van der Waals surface area contributed by atoms with Crippen molar-refractivity contribution in [2.45, 2.75) is 59.4 Å². The Kier molecular flexibility index (Phi) is 10.1. The van der Waals surface area contributed by atoms with Crippen LogP contribution in [-0.2, 0) is 20.9 Å². The van der Waals surface area contributed by atoms with Crippen LogP contribution in [-0.4, -0.2) is 61.3 Å². The maximum atomic E-state index is 12.5. The van der Waals surface area contributed by atoms with E-state index in [0.717, 1.165) is 35.5 Å². The summed E-state index contributed by atoms with van der Waals surface area (Å²) >= 11 is 0. The van der Waals surface area contributed by atoms with Gasteiger partial charge in [-0.1, -0.05) is 50.2 Å². The van der Waals surface area contributed by atoms with Gasteiger partial charge in [-0.05, 0) is 61.9 Å². The van der Waals surface area contributed by atoms with Crippen molar-refractivity contribution in [3.8, 4) is 17.2 Å². The largest absolute Gasteiger partial charge is 0.444 e. The molecule has 0 aromatic heterocycles. The normalized spacial score (nSPS) is 14.7. The number of nitriles is 1. The summed E-state index contributed by atoms with van der Waals surface area (Å²) in [6.45, 7) is 12.7. The van der Waals surface area contributed by atoms with Crippen LogP contribution in [0.3, 0.4) is 0 Å². The van der Waals surface area contributed by atoms with E-state index in [9.17, 15) is 9.59 Å². The van der Waals surface area contributed by atoms with Crippen LogP contribution in [0.25, 0.3) is 11.1 Å². The molecule has 0 radical (unpaired) electrons. The van der Waals surface area contributed by atoms with Crippen LogP contribution in [0, 0.1) is 17.2 Å². The summed E-state index contributed by atoms with van der Waals surface area (Å²) in [6.07, 6.45) is -0.294. The third kappa shape index (κ3) is 8.49. The van der Waals surface area contributed by atoms with E-state index in [1.165, 1.54) is 0 Å². The number of benzene rings is 2. The first-order valence-corrected chi connectivity index (χ1v) is 13.2. The maximum absolute atomic E-state index is 12.5. The van der Waals surface area contributed by atoms with E-state index in [0.29, 0.717) is 26.1 Å². The highest BCUT2D eigenvalue weighted by molar-refractivity contribution is 5.81. The summed E-state index contributed by atoms with van der Waals surface area (Å²) in [5.74, 6) is 0.0236. The Bertz CT molecular complexity index is 1110. The number of carbonyl (C=O) groups excluding carboxylic acids is 2. The van der Waals surface area contributed by atoms with Gasteiger partial charge in [0.15, 0.2) is 0 Å². The van der Waals surface area contributed by atoms with E-state index < -0.39 is 11.7 Å². The summed E-state index contributed by atoms with van der Waals surface area (Å²) in [5.41, 5.74) is 3.72. The number of rotatable bonds is 9. The number of ether oxygens (including phenoxy) is 2. The molecule has 0 spiro atoms. The second kappa shape index (κ2) is 13.3. The van der Waals surface area contributed by atoms with Gasteiger partial charge >= 0.3 is 6.09 Å². The molecule has 1 fully saturated rings. The molecule has 1 heterocycles. The van der Waals surface area contributed by atoms with Crippen LogP contribution >= 0.6 is 0 Å². The Morgan fingerprint density at radius 3 is 2.29 bits per heavy atom. The Hall–Kier alpha value is -3.57. The lowest BCUT2D eigenvalue weighted by atomic mass is 9.99. The summed E-state index contributed by atoms with van der Waals surface area (Å²) in [4.78, 5) is 28.9. The average Bonchev–Trinajstić information content (AvgIpc) is 2.89. The molecule has 2 aromatic carbocycles. The minimum absolute atomic E-state index is 0.0320. The van der Waals surface area contributed by atoms with Crippen molar-refractivity contribution >= 4 is 17.7 Å². The fraction of sp³-hybridized carbons (Fsp3) is 0.500. The molecule has 1 atom stereocenters. The first kappa shape index (κ1) is 29.0. The standard InChI is InChI=1S/C30H40N4O4/c1-22(2)20-27(28(35)32-15-14-31)37-21-24-8-6-7-9-26(24)23-10-12-25(13-11-23)33-16-18-34(19-17-33)29(36)38-30(3,4)5/h6-13,22,27H,15-21H2,1-5H3,(H,32,35). The highest BCUT2D eigenvalue weighted by Crippen LogP contribution is 2.28. The van der Waals surface area contributed by atoms with Crippen LogP contribution in [0.5, 0.6) is 0 Å². The van der Waals surface area contributed by atoms with Gasteiger partial charge in [-0.15, -0.1) is 0 Å². The minimum atomic E-state index is -0.613. The SMILES string of the molecule is CC(C)CC(OCc1ccccc1-c1ccc(N2CCN(C(=O)OC(C)(C)C)CC2)cc1)C(=O)NCC#N. The molecule has 8 nitrogen and oxygen atoms in total. The highest BCUT2D eigenvalue weighted by atomic mass is 16.6. The second-order valence-electron chi connectivity index (χ2n) is 11.0. The van der Waals surface area contributed by atoms with Gasteiger partial charge in [0.2, 0.25) is 5.91 Å². The topological polar surface area (TPSA) is 94.9 Å². The van der Waals surface area contributed by atoms with E-state index >= 15 is 0 Å². The molecule has 0 saturated carbocycles. The van der Waals surface area contributed by atoms with Crippen molar-refractivity contribution in [2.75, 3.05) is 37.6 Å². The van der Waals surface area contributed by atoms with Gasteiger partial charge in [0.25, 0.3) is 0 Å². The first-order chi connectivity index (χ1) is 18.1. The Morgan fingerprint density at radius 1 is 1.03 bits per heavy atom. The van der Waals surface area contributed by atoms with Crippen LogP contribution in [0.2, 0.25) is 0 Å². The molecule has 2 amide bonds. The lowest BCUT2D eigenvalue weighted by molar-refractivity contribution is -0.134. The van der Waals surface area contributed by atoms with Crippen molar-refractivity contribution in [3.63, 3.8) is 0 Å². The zero-order valence-electron chi connectivity index (χ0n) is 23.2.